The van der Waals surface area contributed by atoms with Gasteiger partial charge in [0.2, 0.25) is 5.91 Å². The van der Waals surface area contributed by atoms with Crippen molar-refractivity contribution in [3.05, 3.63) is 59.7 Å². The molecular formula is C13H12F3NO. The molecule has 1 amide bonds. The SMILES string of the molecule is NC(=O)C=CC=CCc1cccc(C(F)(F)F)c1. The Morgan fingerprint density at radius 2 is 2.00 bits per heavy atom. The molecule has 0 atom stereocenters. The molecule has 18 heavy (non-hydrogen) atoms. The van der Waals surface area contributed by atoms with Crippen molar-refractivity contribution in [3.63, 3.8) is 0 Å². The molecule has 0 bridgehead atoms. The van der Waals surface area contributed by atoms with Crippen molar-refractivity contribution in [3.8, 4) is 0 Å². The van der Waals surface area contributed by atoms with E-state index < -0.39 is 17.6 Å². The first-order chi connectivity index (χ1) is 8.39. The fourth-order valence-corrected chi connectivity index (χ4v) is 1.31. The molecule has 0 radical (unpaired) electrons. The maximum Gasteiger partial charge on any atom is 0.416 e. The van der Waals surface area contributed by atoms with Crippen LogP contribution in [0.1, 0.15) is 11.1 Å². The van der Waals surface area contributed by atoms with E-state index in [9.17, 15) is 18.0 Å². The number of halogens is 3. The third kappa shape index (κ3) is 4.86. The quantitative estimate of drug-likeness (QED) is 0.652. The van der Waals surface area contributed by atoms with Gasteiger partial charge in [-0.05, 0) is 18.1 Å². The van der Waals surface area contributed by atoms with Gasteiger partial charge in [0.25, 0.3) is 0 Å². The van der Waals surface area contributed by atoms with E-state index in [1.807, 2.05) is 0 Å². The van der Waals surface area contributed by atoms with Gasteiger partial charge in [-0.15, -0.1) is 0 Å². The molecule has 1 rings (SSSR count). The highest BCUT2D eigenvalue weighted by Gasteiger charge is 2.30. The largest absolute Gasteiger partial charge is 0.416 e. The normalized spacial score (nSPS) is 12.4. The standard InChI is InChI=1S/C13H12F3NO/c14-13(15,16)11-7-4-6-10(9-11)5-2-1-3-8-12(17)18/h1-4,6-9H,5H2,(H2,17,18). The molecule has 0 aliphatic heterocycles. The summed E-state index contributed by atoms with van der Waals surface area (Å²) >= 11 is 0. The number of hydrogen-bond acceptors (Lipinski definition) is 1. The molecule has 0 aromatic heterocycles. The number of allylic oxidation sites excluding steroid dienone is 3. The van der Waals surface area contributed by atoms with Crippen LogP contribution in [0, 0.1) is 0 Å². The second-order valence-corrected chi connectivity index (χ2v) is 3.59. The Bertz CT molecular complexity index is 475. The van der Waals surface area contributed by atoms with E-state index in [2.05, 4.69) is 0 Å². The molecule has 96 valence electrons. The first-order valence-electron chi connectivity index (χ1n) is 5.18. The van der Waals surface area contributed by atoms with E-state index in [4.69, 9.17) is 5.73 Å². The third-order valence-electron chi connectivity index (χ3n) is 2.12. The molecule has 0 spiro atoms. The minimum absolute atomic E-state index is 0.354. The number of hydrogen-bond donors (Lipinski definition) is 1. The molecule has 1 aromatic carbocycles. The Morgan fingerprint density at radius 1 is 1.28 bits per heavy atom. The number of amides is 1. The predicted octanol–water partition coefficient (Wildman–Crippen LogP) is 2.85. The molecule has 2 N–H and O–H groups in total. The number of primary amides is 1. The van der Waals surface area contributed by atoms with Gasteiger partial charge >= 0.3 is 6.18 Å². The lowest BCUT2D eigenvalue weighted by molar-refractivity contribution is -0.137. The number of nitrogens with two attached hydrogens (primary N) is 1. The summed E-state index contributed by atoms with van der Waals surface area (Å²) in [6.07, 6.45) is 1.84. The van der Waals surface area contributed by atoms with Crippen LogP contribution in [-0.2, 0) is 17.4 Å². The van der Waals surface area contributed by atoms with Crippen LogP contribution in [0.5, 0.6) is 0 Å². The first kappa shape index (κ1) is 14.0. The smallest absolute Gasteiger partial charge is 0.366 e. The average Bonchev–Trinajstić information content (AvgIpc) is 2.27. The van der Waals surface area contributed by atoms with Crippen LogP contribution < -0.4 is 5.73 Å². The van der Waals surface area contributed by atoms with Crippen LogP contribution in [0.15, 0.2) is 48.6 Å². The molecule has 2 nitrogen and oxygen atoms in total. The van der Waals surface area contributed by atoms with E-state index in [1.54, 1.807) is 18.2 Å². The zero-order valence-corrected chi connectivity index (χ0v) is 9.45. The maximum atomic E-state index is 12.4. The Hall–Kier alpha value is -2.04. The number of alkyl halides is 3. The molecule has 0 aliphatic rings. The zero-order valence-electron chi connectivity index (χ0n) is 9.45. The highest BCUT2D eigenvalue weighted by atomic mass is 19.4. The van der Waals surface area contributed by atoms with Gasteiger partial charge in [0, 0.05) is 6.08 Å². The van der Waals surface area contributed by atoms with Crippen LogP contribution in [0.3, 0.4) is 0 Å². The maximum absolute atomic E-state index is 12.4. The minimum atomic E-state index is -4.33. The summed E-state index contributed by atoms with van der Waals surface area (Å²) in [5, 5.41) is 0. The fraction of sp³-hybridized carbons (Fsp3) is 0.154. The van der Waals surface area contributed by atoms with Crippen molar-refractivity contribution in [2.45, 2.75) is 12.6 Å². The van der Waals surface area contributed by atoms with E-state index >= 15 is 0 Å². The van der Waals surface area contributed by atoms with Gasteiger partial charge < -0.3 is 5.73 Å². The Morgan fingerprint density at radius 3 is 2.61 bits per heavy atom. The molecule has 0 heterocycles. The van der Waals surface area contributed by atoms with Crippen LogP contribution >= 0.6 is 0 Å². The van der Waals surface area contributed by atoms with Gasteiger partial charge in [0.1, 0.15) is 0 Å². The van der Waals surface area contributed by atoms with Crippen LogP contribution in [0.2, 0.25) is 0 Å². The molecule has 0 unspecified atom stereocenters. The number of benzene rings is 1. The Balaban J connectivity index is 2.66. The van der Waals surface area contributed by atoms with Gasteiger partial charge in [-0.25, -0.2) is 0 Å². The lowest BCUT2D eigenvalue weighted by Gasteiger charge is -2.07. The summed E-state index contributed by atoms with van der Waals surface area (Å²) in [4.78, 5) is 10.4. The van der Waals surface area contributed by atoms with Crippen molar-refractivity contribution >= 4 is 5.91 Å². The first-order valence-corrected chi connectivity index (χ1v) is 5.18. The Kier molecular flexibility index (Phi) is 4.71. The van der Waals surface area contributed by atoms with Gasteiger partial charge in [-0.3, -0.25) is 4.79 Å². The van der Waals surface area contributed by atoms with Crippen LogP contribution in [0.4, 0.5) is 13.2 Å². The molecule has 0 fully saturated rings. The van der Waals surface area contributed by atoms with Gasteiger partial charge in [-0.2, -0.15) is 13.2 Å². The monoisotopic (exact) mass is 255 g/mol. The molecule has 0 aliphatic carbocycles. The zero-order chi connectivity index (χ0) is 13.6. The summed E-state index contributed by atoms with van der Waals surface area (Å²) < 4.78 is 37.3. The van der Waals surface area contributed by atoms with Crippen LogP contribution in [-0.4, -0.2) is 5.91 Å². The van der Waals surface area contributed by atoms with Crippen molar-refractivity contribution in [1.29, 1.82) is 0 Å². The average molecular weight is 255 g/mol. The van der Waals surface area contributed by atoms with Crippen LogP contribution in [0.25, 0.3) is 0 Å². The lowest BCUT2D eigenvalue weighted by atomic mass is 10.1. The molecule has 1 aromatic rings. The predicted molar refractivity (Wildman–Crippen MR) is 62.6 cm³/mol. The molecule has 0 saturated carbocycles. The number of rotatable bonds is 4. The highest BCUT2D eigenvalue weighted by Crippen LogP contribution is 2.29. The van der Waals surface area contributed by atoms with E-state index in [1.165, 1.54) is 18.2 Å². The molecule has 5 heteroatoms. The topological polar surface area (TPSA) is 43.1 Å². The second-order valence-electron chi connectivity index (χ2n) is 3.59. The lowest BCUT2D eigenvalue weighted by Crippen LogP contribution is -2.05. The van der Waals surface area contributed by atoms with Gasteiger partial charge in [0.05, 0.1) is 5.56 Å². The summed E-state index contributed by atoms with van der Waals surface area (Å²) in [5.41, 5.74) is 4.75. The third-order valence-corrected chi connectivity index (χ3v) is 2.12. The van der Waals surface area contributed by atoms with E-state index in [-0.39, 0.29) is 0 Å². The minimum Gasteiger partial charge on any atom is -0.366 e. The summed E-state index contributed by atoms with van der Waals surface area (Å²) in [5.74, 6) is -0.571. The molecule has 0 saturated heterocycles. The van der Waals surface area contributed by atoms with Crippen molar-refractivity contribution in [1.82, 2.24) is 0 Å². The fourth-order valence-electron chi connectivity index (χ4n) is 1.31. The van der Waals surface area contributed by atoms with Gasteiger partial charge in [0.15, 0.2) is 0 Å². The number of carbonyl (C=O) groups is 1. The van der Waals surface area contributed by atoms with Crippen molar-refractivity contribution < 1.29 is 18.0 Å². The highest BCUT2D eigenvalue weighted by molar-refractivity contribution is 5.85. The van der Waals surface area contributed by atoms with E-state index in [0.29, 0.717) is 12.0 Å². The van der Waals surface area contributed by atoms with E-state index in [0.717, 1.165) is 12.1 Å². The number of carbonyl (C=O) groups excluding carboxylic acids is 1. The van der Waals surface area contributed by atoms with Crippen molar-refractivity contribution in [2.75, 3.05) is 0 Å². The summed E-state index contributed by atoms with van der Waals surface area (Å²) in [6.45, 7) is 0. The second kappa shape index (κ2) is 6.05. The summed E-state index contributed by atoms with van der Waals surface area (Å²) in [7, 11) is 0. The van der Waals surface area contributed by atoms with Crippen molar-refractivity contribution in [2.24, 2.45) is 5.73 Å². The molecular weight excluding hydrogens is 243 g/mol. The Labute approximate surface area is 103 Å². The summed E-state index contributed by atoms with van der Waals surface area (Å²) in [6, 6.07) is 5.10. The van der Waals surface area contributed by atoms with Gasteiger partial charge in [-0.1, -0.05) is 36.4 Å².